The van der Waals surface area contributed by atoms with E-state index >= 15 is 0 Å². The van der Waals surface area contributed by atoms with Gasteiger partial charge in [-0.25, -0.2) is 4.39 Å². The van der Waals surface area contributed by atoms with E-state index < -0.39 is 0 Å². The zero-order chi connectivity index (χ0) is 19.3. The molecular formula is C19H18FN5O2S. The summed E-state index contributed by atoms with van der Waals surface area (Å²) in [5.74, 6) is 0.259. The van der Waals surface area contributed by atoms with Gasteiger partial charge in [0.1, 0.15) is 5.82 Å². The second-order valence-electron chi connectivity index (χ2n) is 6.24. The summed E-state index contributed by atoms with van der Waals surface area (Å²) in [5, 5.41) is 8.23. The Kier molecular flexibility index (Phi) is 5.52. The highest BCUT2D eigenvalue weighted by atomic mass is 32.2. The average molecular weight is 399 g/mol. The Morgan fingerprint density at radius 1 is 1.04 bits per heavy atom. The topological polar surface area (TPSA) is 75.4 Å². The molecule has 7 nitrogen and oxygen atoms in total. The molecule has 1 fully saturated rings. The SMILES string of the molecule is O=C(CSc1nnc(-c2ccc(F)cc2)o1)N1CCN(c2ccncc2)CC1. The standard InChI is InChI=1S/C19H18FN5O2S/c20-15-3-1-14(2-4-15)18-22-23-19(27-18)28-13-17(26)25-11-9-24(10-12-25)16-5-7-21-8-6-16/h1-8H,9-13H2. The van der Waals surface area contributed by atoms with Crippen molar-refractivity contribution < 1.29 is 13.6 Å². The van der Waals surface area contributed by atoms with Gasteiger partial charge in [-0.05, 0) is 36.4 Å². The van der Waals surface area contributed by atoms with E-state index in [0.717, 1.165) is 18.8 Å². The largest absolute Gasteiger partial charge is 0.411 e. The van der Waals surface area contributed by atoms with Crippen LogP contribution >= 0.6 is 11.8 Å². The number of anilines is 1. The molecular weight excluding hydrogens is 381 g/mol. The zero-order valence-corrected chi connectivity index (χ0v) is 15.8. The monoisotopic (exact) mass is 399 g/mol. The summed E-state index contributed by atoms with van der Waals surface area (Å²) in [6.45, 7) is 2.92. The average Bonchev–Trinajstić information content (AvgIpc) is 3.22. The summed E-state index contributed by atoms with van der Waals surface area (Å²) in [6.07, 6.45) is 3.54. The molecule has 9 heteroatoms. The fraction of sp³-hybridized carbons (Fsp3) is 0.263. The van der Waals surface area contributed by atoms with Gasteiger partial charge in [-0.2, -0.15) is 0 Å². The Balaban J connectivity index is 1.28. The van der Waals surface area contributed by atoms with Crippen LogP contribution in [-0.2, 0) is 4.79 Å². The fourth-order valence-electron chi connectivity index (χ4n) is 2.96. The molecule has 0 atom stereocenters. The van der Waals surface area contributed by atoms with Crippen molar-refractivity contribution in [3.63, 3.8) is 0 Å². The lowest BCUT2D eigenvalue weighted by Gasteiger charge is -2.36. The third-order valence-corrected chi connectivity index (χ3v) is 5.28. The van der Waals surface area contributed by atoms with Gasteiger partial charge in [-0.3, -0.25) is 9.78 Å². The first-order chi connectivity index (χ1) is 13.7. The van der Waals surface area contributed by atoms with Gasteiger partial charge in [0, 0.05) is 49.8 Å². The van der Waals surface area contributed by atoms with Crippen molar-refractivity contribution in [2.45, 2.75) is 5.22 Å². The van der Waals surface area contributed by atoms with Gasteiger partial charge < -0.3 is 14.2 Å². The summed E-state index contributed by atoms with van der Waals surface area (Å²) in [6, 6.07) is 9.77. The number of hydrogen-bond donors (Lipinski definition) is 0. The minimum Gasteiger partial charge on any atom is -0.411 e. The van der Waals surface area contributed by atoms with E-state index in [1.54, 1.807) is 24.5 Å². The summed E-state index contributed by atoms with van der Waals surface area (Å²) < 4.78 is 18.6. The van der Waals surface area contributed by atoms with Crippen LogP contribution in [0.5, 0.6) is 0 Å². The first-order valence-corrected chi connectivity index (χ1v) is 9.82. The molecule has 28 heavy (non-hydrogen) atoms. The third-order valence-electron chi connectivity index (χ3n) is 4.48. The quantitative estimate of drug-likeness (QED) is 0.611. The molecule has 3 aromatic rings. The Morgan fingerprint density at radius 3 is 2.46 bits per heavy atom. The van der Waals surface area contributed by atoms with E-state index in [1.165, 1.54) is 23.9 Å². The maximum absolute atomic E-state index is 13.0. The highest BCUT2D eigenvalue weighted by Crippen LogP contribution is 2.24. The lowest BCUT2D eigenvalue weighted by atomic mass is 10.2. The van der Waals surface area contributed by atoms with Crippen LogP contribution in [0.2, 0.25) is 0 Å². The van der Waals surface area contributed by atoms with Crippen LogP contribution in [0.4, 0.5) is 10.1 Å². The number of pyridine rings is 1. The van der Waals surface area contributed by atoms with Gasteiger partial charge in [0.25, 0.3) is 5.22 Å². The van der Waals surface area contributed by atoms with Crippen molar-refractivity contribution in [1.82, 2.24) is 20.1 Å². The number of amides is 1. The molecule has 1 aromatic carbocycles. The number of nitrogens with zero attached hydrogens (tertiary/aromatic N) is 5. The molecule has 0 aliphatic carbocycles. The molecule has 1 saturated heterocycles. The molecule has 0 unspecified atom stereocenters. The number of carbonyl (C=O) groups is 1. The highest BCUT2D eigenvalue weighted by Gasteiger charge is 2.22. The number of hydrogen-bond acceptors (Lipinski definition) is 7. The van der Waals surface area contributed by atoms with Crippen molar-refractivity contribution in [2.24, 2.45) is 0 Å². The van der Waals surface area contributed by atoms with Crippen LogP contribution in [0.3, 0.4) is 0 Å². The molecule has 3 heterocycles. The van der Waals surface area contributed by atoms with Crippen LogP contribution in [0.15, 0.2) is 58.4 Å². The molecule has 1 amide bonds. The molecule has 4 rings (SSSR count). The normalized spacial score (nSPS) is 14.3. The van der Waals surface area contributed by atoms with Crippen molar-refractivity contribution in [3.8, 4) is 11.5 Å². The first-order valence-electron chi connectivity index (χ1n) is 8.84. The molecule has 0 spiro atoms. The number of halogens is 1. The second-order valence-corrected chi connectivity index (χ2v) is 7.17. The van der Waals surface area contributed by atoms with Crippen molar-refractivity contribution in [1.29, 1.82) is 0 Å². The Hall–Kier alpha value is -2.94. The van der Waals surface area contributed by atoms with Crippen molar-refractivity contribution >= 4 is 23.4 Å². The smallest absolute Gasteiger partial charge is 0.277 e. The number of aromatic nitrogens is 3. The zero-order valence-electron chi connectivity index (χ0n) is 15.0. The highest BCUT2D eigenvalue weighted by molar-refractivity contribution is 7.99. The lowest BCUT2D eigenvalue weighted by molar-refractivity contribution is -0.128. The molecule has 0 N–H and O–H groups in total. The molecule has 0 bridgehead atoms. The van der Waals surface area contributed by atoms with Gasteiger partial charge >= 0.3 is 0 Å². The molecule has 1 aliphatic rings. The van der Waals surface area contributed by atoms with E-state index in [2.05, 4.69) is 20.1 Å². The van der Waals surface area contributed by atoms with E-state index in [0.29, 0.717) is 29.8 Å². The molecule has 0 radical (unpaired) electrons. The Labute approximate surface area is 165 Å². The van der Waals surface area contributed by atoms with Gasteiger partial charge in [0.05, 0.1) is 5.75 Å². The summed E-state index contributed by atoms with van der Waals surface area (Å²) in [4.78, 5) is 20.6. The first kappa shape index (κ1) is 18.4. The summed E-state index contributed by atoms with van der Waals surface area (Å²) >= 11 is 1.21. The lowest BCUT2D eigenvalue weighted by Crippen LogP contribution is -2.49. The van der Waals surface area contributed by atoms with Gasteiger partial charge in [-0.15, -0.1) is 10.2 Å². The van der Waals surface area contributed by atoms with E-state index in [-0.39, 0.29) is 17.5 Å². The number of piperazine rings is 1. The maximum Gasteiger partial charge on any atom is 0.277 e. The Bertz CT molecular complexity index is 927. The van der Waals surface area contributed by atoms with Crippen LogP contribution in [0, 0.1) is 5.82 Å². The van der Waals surface area contributed by atoms with Crippen LogP contribution in [0.1, 0.15) is 0 Å². The Morgan fingerprint density at radius 2 is 1.75 bits per heavy atom. The maximum atomic E-state index is 13.0. The predicted molar refractivity (Wildman–Crippen MR) is 103 cm³/mol. The second kappa shape index (κ2) is 8.39. The minimum atomic E-state index is -0.326. The summed E-state index contributed by atoms with van der Waals surface area (Å²) in [5.41, 5.74) is 1.76. The molecule has 1 aliphatic heterocycles. The molecule has 2 aromatic heterocycles. The van der Waals surface area contributed by atoms with E-state index in [4.69, 9.17) is 4.42 Å². The van der Waals surface area contributed by atoms with Crippen LogP contribution < -0.4 is 4.90 Å². The van der Waals surface area contributed by atoms with Crippen molar-refractivity contribution in [2.75, 3.05) is 36.8 Å². The fourth-order valence-corrected chi connectivity index (χ4v) is 3.63. The van der Waals surface area contributed by atoms with E-state index in [9.17, 15) is 9.18 Å². The predicted octanol–water partition coefficient (Wildman–Crippen LogP) is 2.71. The minimum absolute atomic E-state index is 0.0425. The van der Waals surface area contributed by atoms with E-state index in [1.807, 2.05) is 17.0 Å². The van der Waals surface area contributed by atoms with Crippen LogP contribution in [0.25, 0.3) is 11.5 Å². The van der Waals surface area contributed by atoms with Gasteiger partial charge in [-0.1, -0.05) is 11.8 Å². The summed E-state index contributed by atoms with van der Waals surface area (Å²) in [7, 11) is 0. The molecule has 144 valence electrons. The van der Waals surface area contributed by atoms with Crippen molar-refractivity contribution in [3.05, 3.63) is 54.6 Å². The molecule has 0 saturated carbocycles. The third kappa shape index (κ3) is 4.30. The number of carbonyl (C=O) groups excluding carboxylic acids is 1. The number of benzene rings is 1. The number of rotatable bonds is 5. The number of thioether (sulfide) groups is 1. The van der Waals surface area contributed by atoms with Crippen LogP contribution in [-0.4, -0.2) is 57.9 Å². The van der Waals surface area contributed by atoms with Gasteiger partial charge in [0.15, 0.2) is 0 Å². The van der Waals surface area contributed by atoms with Gasteiger partial charge in [0.2, 0.25) is 11.8 Å².